The molecule has 3 N–H and O–H groups in total. The Morgan fingerprint density at radius 2 is 1.65 bits per heavy atom. The lowest BCUT2D eigenvalue weighted by Gasteiger charge is -2.14. The maximum absolute atomic E-state index is 12.7. The number of benzene rings is 2. The van der Waals surface area contributed by atoms with Crippen molar-refractivity contribution in [1.82, 2.24) is 10.6 Å². The van der Waals surface area contributed by atoms with Crippen LogP contribution in [0.4, 0.5) is 0 Å². The van der Waals surface area contributed by atoms with E-state index in [0.29, 0.717) is 28.9 Å². The molecule has 0 unspecified atom stereocenters. The summed E-state index contributed by atoms with van der Waals surface area (Å²) in [7, 11) is 0. The number of rotatable bonds is 12. The van der Waals surface area contributed by atoms with E-state index in [9.17, 15) is 24.3 Å². The number of fused-ring (bicyclic) bond motifs is 2. The average Bonchev–Trinajstić information content (AvgIpc) is 3.20. The first-order valence-electron chi connectivity index (χ1n) is 13.0. The monoisotopic (exact) mass is 564 g/mol. The number of aliphatic carboxylic acids is 1. The molecular formula is C30H32N2O7S. The van der Waals surface area contributed by atoms with Gasteiger partial charge >= 0.3 is 11.6 Å². The van der Waals surface area contributed by atoms with Gasteiger partial charge in [-0.05, 0) is 49.9 Å². The van der Waals surface area contributed by atoms with Gasteiger partial charge in [0.2, 0.25) is 11.8 Å². The number of aryl methyl sites for hydroxylation is 3. The number of furan rings is 1. The molecule has 210 valence electrons. The van der Waals surface area contributed by atoms with Crippen LogP contribution < -0.4 is 16.3 Å². The fraction of sp³-hybridized carbons (Fsp3) is 0.333. The Labute approximate surface area is 235 Å². The molecule has 2 amide bonds. The number of hydrogen-bond donors (Lipinski definition) is 3. The SMILES string of the molecule is Cc1oc2cc3oc(=O)c(CC(=O)NCCCC(=O)N[C@H](CSCc4ccccc4)C(=O)O)c(C)c3cc2c1C. The van der Waals surface area contributed by atoms with Crippen molar-refractivity contribution in [3.05, 3.63) is 80.9 Å². The van der Waals surface area contributed by atoms with Gasteiger partial charge in [0.25, 0.3) is 0 Å². The number of amides is 2. The van der Waals surface area contributed by atoms with Crippen molar-refractivity contribution in [2.45, 2.75) is 51.8 Å². The number of carboxylic acids is 1. The Balaban J connectivity index is 1.26. The van der Waals surface area contributed by atoms with Crippen molar-refractivity contribution < 1.29 is 28.3 Å². The first-order chi connectivity index (χ1) is 19.1. The summed E-state index contributed by atoms with van der Waals surface area (Å²) in [5.41, 5.74) is 3.49. The van der Waals surface area contributed by atoms with E-state index in [1.165, 1.54) is 11.8 Å². The van der Waals surface area contributed by atoms with Gasteiger partial charge in [-0.1, -0.05) is 30.3 Å². The van der Waals surface area contributed by atoms with Crippen LogP contribution in [0.1, 0.15) is 40.9 Å². The second-order valence-electron chi connectivity index (χ2n) is 9.71. The van der Waals surface area contributed by atoms with E-state index in [4.69, 9.17) is 8.83 Å². The van der Waals surface area contributed by atoms with Crippen LogP contribution in [0.15, 0.2) is 56.1 Å². The topological polar surface area (TPSA) is 139 Å². The standard InChI is InChI=1S/C30H32N2O7S/c1-17-19(3)38-25-14-26-22(12-21(17)25)18(2)23(30(37)39-26)13-28(34)31-11-7-10-27(33)32-24(29(35)36)16-40-15-20-8-5-4-6-9-20/h4-6,8-9,12,14,24H,7,10-11,13,15-16H2,1-3H3,(H,31,34)(H,32,33)(H,35,36)/t24-/m1/s1. The van der Waals surface area contributed by atoms with E-state index in [1.807, 2.05) is 50.2 Å². The molecule has 0 aliphatic rings. The number of thioether (sulfide) groups is 1. The van der Waals surface area contributed by atoms with Crippen LogP contribution >= 0.6 is 11.8 Å². The van der Waals surface area contributed by atoms with Crippen molar-refractivity contribution in [3.8, 4) is 0 Å². The van der Waals surface area contributed by atoms with Crippen molar-refractivity contribution in [1.29, 1.82) is 0 Å². The molecule has 0 saturated carbocycles. The van der Waals surface area contributed by atoms with Gasteiger partial charge in [-0.15, -0.1) is 0 Å². The fourth-order valence-corrected chi connectivity index (χ4v) is 5.45. The first kappa shape index (κ1) is 28.9. The largest absolute Gasteiger partial charge is 0.480 e. The van der Waals surface area contributed by atoms with E-state index in [2.05, 4.69) is 10.6 Å². The second-order valence-corrected chi connectivity index (χ2v) is 10.7. The highest BCUT2D eigenvalue weighted by molar-refractivity contribution is 7.98. The Bertz CT molecular complexity index is 1610. The number of nitrogens with one attached hydrogen (secondary N) is 2. The lowest BCUT2D eigenvalue weighted by molar-refractivity contribution is -0.141. The third-order valence-electron chi connectivity index (χ3n) is 6.85. The number of carbonyl (C=O) groups is 3. The Morgan fingerprint density at radius 3 is 2.38 bits per heavy atom. The predicted molar refractivity (Wildman–Crippen MR) is 155 cm³/mol. The highest BCUT2D eigenvalue weighted by Crippen LogP contribution is 2.31. The highest BCUT2D eigenvalue weighted by Gasteiger charge is 2.20. The third-order valence-corrected chi connectivity index (χ3v) is 7.96. The van der Waals surface area contributed by atoms with E-state index in [1.54, 1.807) is 13.0 Å². The van der Waals surface area contributed by atoms with Gasteiger partial charge in [-0.25, -0.2) is 9.59 Å². The molecule has 10 heteroatoms. The molecule has 2 heterocycles. The molecule has 0 saturated heterocycles. The second kappa shape index (κ2) is 12.9. The molecule has 0 bridgehead atoms. The van der Waals surface area contributed by atoms with Gasteiger partial charge in [-0.2, -0.15) is 11.8 Å². The number of carboxylic acid groups (broad SMARTS) is 1. The lowest BCUT2D eigenvalue weighted by Crippen LogP contribution is -2.42. The van der Waals surface area contributed by atoms with Gasteiger partial charge in [0.05, 0.1) is 12.0 Å². The summed E-state index contributed by atoms with van der Waals surface area (Å²) < 4.78 is 11.2. The van der Waals surface area contributed by atoms with E-state index in [0.717, 1.165) is 27.7 Å². The maximum Gasteiger partial charge on any atom is 0.340 e. The zero-order valence-electron chi connectivity index (χ0n) is 22.7. The minimum Gasteiger partial charge on any atom is -0.480 e. The summed E-state index contributed by atoms with van der Waals surface area (Å²) in [6.45, 7) is 5.83. The summed E-state index contributed by atoms with van der Waals surface area (Å²) in [5.74, 6) is -0.179. The molecule has 9 nitrogen and oxygen atoms in total. The molecule has 0 fully saturated rings. The molecule has 2 aromatic heterocycles. The molecule has 0 radical (unpaired) electrons. The van der Waals surface area contributed by atoms with Gasteiger partial charge in [0, 0.05) is 41.3 Å². The molecule has 4 rings (SSSR count). The fourth-order valence-electron chi connectivity index (χ4n) is 4.44. The van der Waals surface area contributed by atoms with Crippen LogP contribution in [0.3, 0.4) is 0 Å². The van der Waals surface area contributed by atoms with E-state index < -0.39 is 23.5 Å². The van der Waals surface area contributed by atoms with Crippen molar-refractivity contribution in [3.63, 3.8) is 0 Å². The molecule has 4 aromatic rings. The van der Waals surface area contributed by atoms with Crippen LogP contribution in [-0.4, -0.2) is 41.2 Å². The van der Waals surface area contributed by atoms with Gasteiger partial charge < -0.3 is 24.6 Å². The minimum absolute atomic E-state index is 0.0595. The van der Waals surface area contributed by atoms with Crippen molar-refractivity contribution in [2.24, 2.45) is 0 Å². The summed E-state index contributed by atoms with van der Waals surface area (Å²) in [6, 6.07) is 12.3. The molecule has 0 aliphatic heterocycles. The van der Waals surface area contributed by atoms with Crippen LogP contribution in [0, 0.1) is 20.8 Å². The van der Waals surface area contributed by atoms with Gasteiger partial charge in [0.15, 0.2) is 0 Å². The smallest absolute Gasteiger partial charge is 0.340 e. The summed E-state index contributed by atoms with van der Waals surface area (Å²) in [5, 5.41) is 16.4. The summed E-state index contributed by atoms with van der Waals surface area (Å²) in [4.78, 5) is 49.1. The Hall–Kier alpha value is -4.05. The molecular weight excluding hydrogens is 532 g/mol. The van der Waals surface area contributed by atoms with Crippen LogP contribution in [0.2, 0.25) is 0 Å². The zero-order valence-corrected chi connectivity index (χ0v) is 23.5. The molecule has 2 aromatic carbocycles. The lowest BCUT2D eigenvalue weighted by atomic mass is 10.0. The predicted octanol–water partition coefficient (Wildman–Crippen LogP) is 4.41. The van der Waals surface area contributed by atoms with Crippen LogP contribution in [0.5, 0.6) is 0 Å². The number of carbonyl (C=O) groups excluding carboxylic acids is 2. The summed E-state index contributed by atoms with van der Waals surface area (Å²) >= 11 is 1.43. The third kappa shape index (κ3) is 6.93. The zero-order chi connectivity index (χ0) is 28.8. The molecule has 1 atom stereocenters. The Morgan fingerprint density at radius 1 is 0.950 bits per heavy atom. The van der Waals surface area contributed by atoms with Crippen molar-refractivity contribution in [2.75, 3.05) is 12.3 Å². The van der Waals surface area contributed by atoms with Crippen molar-refractivity contribution >= 4 is 51.5 Å². The molecule has 0 spiro atoms. The first-order valence-corrected chi connectivity index (χ1v) is 14.2. The quantitative estimate of drug-likeness (QED) is 0.170. The summed E-state index contributed by atoms with van der Waals surface area (Å²) in [6.07, 6.45) is 0.227. The minimum atomic E-state index is -1.09. The average molecular weight is 565 g/mol. The van der Waals surface area contributed by atoms with E-state index in [-0.39, 0.29) is 36.6 Å². The number of hydrogen-bond acceptors (Lipinski definition) is 7. The maximum atomic E-state index is 12.7. The van der Waals surface area contributed by atoms with Gasteiger partial charge in [-0.3, -0.25) is 9.59 Å². The van der Waals surface area contributed by atoms with Crippen LogP contribution in [0.25, 0.3) is 21.9 Å². The van der Waals surface area contributed by atoms with Crippen LogP contribution in [-0.2, 0) is 26.6 Å². The normalized spacial score (nSPS) is 12.0. The molecule has 0 aliphatic carbocycles. The van der Waals surface area contributed by atoms with E-state index >= 15 is 0 Å². The van der Waals surface area contributed by atoms with Gasteiger partial charge in [0.1, 0.15) is 23.0 Å². The molecule has 40 heavy (non-hydrogen) atoms. The Kier molecular flexibility index (Phi) is 9.31. The highest BCUT2D eigenvalue weighted by atomic mass is 32.2.